The highest BCUT2D eigenvalue weighted by atomic mass is 16.5. The Bertz CT molecular complexity index is 614. The van der Waals surface area contributed by atoms with Crippen LogP contribution in [0.4, 0.5) is 0 Å². The number of carbonyl (C=O) groups excluding carboxylic acids is 1. The topological polar surface area (TPSA) is 68.0 Å². The van der Waals surface area contributed by atoms with Crippen molar-refractivity contribution in [3.05, 3.63) is 23.5 Å². The number of rotatable bonds is 2. The molecule has 0 atom stereocenters. The van der Waals surface area contributed by atoms with Gasteiger partial charge in [-0.3, -0.25) is 4.79 Å². The first-order valence-electron chi connectivity index (χ1n) is 6.12. The monoisotopic (exact) mass is 245 g/mol. The zero-order valence-electron chi connectivity index (χ0n) is 10.5. The maximum atomic E-state index is 12.1. The van der Waals surface area contributed by atoms with Gasteiger partial charge in [0.1, 0.15) is 0 Å². The molecule has 0 spiro atoms. The lowest BCUT2D eigenvalue weighted by Crippen LogP contribution is -2.50. The second kappa shape index (κ2) is 3.80. The van der Waals surface area contributed by atoms with E-state index in [1.807, 2.05) is 6.92 Å². The number of aryl methyl sites for hydroxylation is 1. The van der Waals surface area contributed by atoms with Crippen LogP contribution in [0.3, 0.4) is 0 Å². The summed E-state index contributed by atoms with van der Waals surface area (Å²) in [5.41, 5.74) is 1.73. The molecule has 5 nitrogen and oxygen atoms in total. The number of pyridine rings is 1. The highest BCUT2D eigenvalue weighted by Gasteiger charge is 2.33. The van der Waals surface area contributed by atoms with Crippen LogP contribution in [0, 0.1) is 6.92 Å². The second-order valence-electron chi connectivity index (χ2n) is 5.21. The minimum absolute atomic E-state index is 0.0459. The van der Waals surface area contributed by atoms with Crippen LogP contribution < -0.4 is 5.32 Å². The Hall–Kier alpha value is -1.91. The summed E-state index contributed by atoms with van der Waals surface area (Å²) in [4.78, 5) is 16.2. The number of hydrogen-bond acceptors (Lipinski definition) is 4. The van der Waals surface area contributed by atoms with Gasteiger partial charge in [0.15, 0.2) is 0 Å². The average molecular weight is 245 g/mol. The van der Waals surface area contributed by atoms with Crippen LogP contribution in [-0.2, 0) is 0 Å². The molecule has 2 aromatic rings. The van der Waals surface area contributed by atoms with Crippen molar-refractivity contribution in [1.82, 2.24) is 15.5 Å². The van der Waals surface area contributed by atoms with Gasteiger partial charge in [0.2, 0.25) is 0 Å². The number of hydrogen-bond donors (Lipinski definition) is 1. The van der Waals surface area contributed by atoms with Crippen molar-refractivity contribution in [1.29, 1.82) is 0 Å². The summed E-state index contributed by atoms with van der Waals surface area (Å²) in [6.45, 7) is 3.91. The van der Waals surface area contributed by atoms with E-state index < -0.39 is 0 Å². The normalized spacial score (nSPS) is 17.4. The molecular formula is C13H15N3O2. The molecule has 0 aliphatic heterocycles. The van der Waals surface area contributed by atoms with E-state index in [0.717, 1.165) is 23.9 Å². The molecule has 1 N–H and O–H groups in total. The molecule has 0 unspecified atom stereocenters. The Labute approximate surface area is 105 Å². The molecule has 1 aliphatic rings. The van der Waals surface area contributed by atoms with Crippen molar-refractivity contribution in [2.75, 3.05) is 0 Å². The quantitative estimate of drug-likeness (QED) is 0.880. The van der Waals surface area contributed by atoms with E-state index in [1.165, 1.54) is 12.6 Å². The van der Waals surface area contributed by atoms with Gasteiger partial charge in [0, 0.05) is 11.7 Å². The summed E-state index contributed by atoms with van der Waals surface area (Å²) in [5, 5.41) is 7.68. The van der Waals surface area contributed by atoms with Crippen molar-refractivity contribution >= 4 is 17.0 Å². The van der Waals surface area contributed by atoms with E-state index >= 15 is 0 Å². The zero-order valence-corrected chi connectivity index (χ0v) is 10.5. The van der Waals surface area contributed by atoms with Crippen molar-refractivity contribution in [2.24, 2.45) is 0 Å². The van der Waals surface area contributed by atoms with Crippen LogP contribution in [0.25, 0.3) is 11.1 Å². The highest BCUT2D eigenvalue weighted by Crippen LogP contribution is 2.31. The Balaban J connectivity index is 1.89. The molecule has 94 valence electrons. The van der Waals surface area contributed by atoms with Gasteiger partial charge in [0.25, 0.3) is 11.6 Å². The standard InChI is InChI=1S/C13H15N3O2/c1-8-10-6-9(7-14-12(10)18-16-8)11(17)15-13(2)4-3-5-13/h6-7H,3-5H2,1-2H3,(H,15,17). The van der Waals surface area contributed by atoms with Gasteiger partial charge in [-0.2, -0.15) is 0 Å². The minimum atomic E-state index is -0.0767. The Kier molecular flexibility index (Phi) is 2.36. The summed E-state index contributed by atoms with van der Waals surface area (Å²) >= 11 is 0. The van der Waals surface area contributed by atoms with Crippen molar-refractivity contribution in [2.45, 2.75) is 38.6 Å². The maximum Gasteiger partial charge on any atom is 0.257 e. The molecule has 18 heavy (non-hydrogen) atoms. The molecule has 1 aliphatic carbocycles. The zero-order chi connectivity index (χ0) is 12.8. The smallest absolute Gasteiger partial charge is 0.257 e. The van der Waals surface area contributed by atoms with E-state index in [4.69, 9.17) is 4.52 Å². The first-order valence-corrected chi connectivity index (χ1v) is 6.12. The van der Waals surface area contributed by atoms with Gasteiger partial charge < -0.3 is 9.84 Å². The van der Waals surface area contributed by atoms with Gasteiger partial charge in [0.05, 0.1) is 16.6 Å². The predicted molar refractivity (Wildman–Crippen MR) is 66.3 cm³/mol. The Morgan fingerprint density at radius 1 is 1.50 bits per heavy atom. The molecule has 3 rings (SSSR count). The minimum Gasteiger partial charge on any atom is -0.347 e. The Morgan fingerprint density at radius 2 is 2.28 bits per heavy atom. The number of aromatic nitrogens is 2. The van der Waals surface area contributed by atoms with Crippen LogP contribution in [0.1, 0.15) is 42.2 Å². The molecule has 0 saturated heterocycles. The third-order valence-corrected chi connectivity index (χ3v) is 3.64. The van der Waals surface area contributed by atoms with Crippen LogP contribution in [-0.4, -0.2) is 21.6 Å². The molecule has 1 amide bonds. The summed E-state index contributed by atoms with van der Waals surface area (Å²) in [6, 6.07) is 1.78. The van der Waals surface area contributed by atoms with E-state index in [-0.39, 0.29) is 11.4 Å². The van der Waals surface area contributed by atoms with Crippen molar-refractivity contribution in [3.8, 4) is 0 Å². The van der Waals surface area contributed by atoms with Crippen LogP contribution in [0.2, 0.25) is 0 Å². The van der Waals surface area contributed by atoms with Crippen LogP contribution >= 0.6 is 0 Å². The molecule has 0 aromatic carbocycles. The number of carbonyl (C=O) groups is 1. The lowest BCUT2D eigenvalue weighted by Gasteiger charge is -2.39. The highest BCUT2D eigenvalue weighted by molar-refractivity contribution is 5.97. The number of amides is 1. The lowest BCUT2D eigenvalue weighted by molar-refractivity contribution is 0.0850. The first-order chi connectivity index (χ1) is 8.57. The molecule has 2 heterocycles. The number of fused-ring (bicyclic) bond motifs is 1. The summed E-state index contributed by atoms with van der Waals surface area (Å²) in [7, 11) is 0. The van der Waals surface area contributed by atoms with Gasteiger partial charge >= 0.3 is 0 Å². The second-order valence-corrected chi connectivity index (χ2v) is 5.21. The molecule has 0 bridgehead atoms. The molecule has 1 saturated carbocycles. The SMILES string of the molecule is Cc1noc2ncc(C(=O)NC3(C)CCC3)cc12. The first kappa shape index (κ1) is 11.2. The fourth-order valence-electron chi connectivity index (χ4n) is 2.25. The number of nitrogens with zero attached hydrogens (tertiary/aromatic N) is 2. The van der Waals surface area contributed by atoms with E-state index in [2.05, 4.69) is 22.4 Å². The van der Waals surface area contributed by atoms with Gasteiger partial charge in [-0.05, 0) is 39.2 Å². The average Bonchev–Trinajstić information content (AvgIpc) is 2.69. The molecule has 1 fully saturated rings. The Morgan fingerprint density at radius 3 is 2.94 bits per heavy atom. The van der Waals surface area contributed by atoms with Crippen LogP contribution in [0.5, 0.6) is 0 Å². The third kappa shape index (κ3) is 1.75. The van der Waals surface area contributed by atoms with Crippen LogP contribution in [0.15, 0.2) is 16.8 Å². The summed E-state index contributed by atoms with van der Waals surface area (Å²) < 4.78 is 5.02. The predicted octanol–water partition coefficient (Wildman–Crippen LogP) is 2.20. The van der Waals surface area contributed by atoms with E-state index in [9.17, 15) is 4.79 Å². The maximum absolute atomic E-state index is 12.1. The van der Waals surface area contributed by atoms with Gasteiger partial charge in [-0.15, -0.1) is 0 Å². The molecule has 2 aromatic heterocycles. The lowest BCUT2D eigenvalue weighted by atomic mass is 9.78. The van der Waals surface area contributed by atoms with E-state index in [1.54, 1.807) is 6.07 Å². The number of nitrogens with one attached hydrogen (secondary N) is 1. The molecule has 0 radical (unpaired) electrons. The van der Waals surface area contributed by atoms with E-state index in [0.29, 0.717) is 11.3 Å². The van der Waals surface area contributed by atoms with Crippen molar-refractivity contribution < 1.29 is 9.32 Å². The van der Waals surface area contributed by atoms with Crippen molar-refractivity contribution in [3.63, 3.8) is 0 Å². The fraction of sp³-hybridized carbons (Fsp3) is 0.462. The molecule has 5 heteroatoms. The fourth-order valence-corrected chi connectivity index (χ4v) is 2.25. The largest absolute Gasteiger partial charge is 0.347 e. The molecular weight excluding hydrogens is 230 g/mol. The summed E-state index contributed by atoms with van der Waals surface area (Å²) in [5.74, 6) is -0.0767. The van der Waals surface area contributed by atoms with Gasteiger partial charge in [-0.1, -0.05) is 5.16 Å². The summed E-state index contributed by atoms with van der Waals surface area (Å²) in [6.07, 6.45) is 4.80. The third-order valence-electron chi connectivity index (χ3n) is 3.64. The van der Waals surface area contributed by atoms with Gasteiger partial charge in [-0.25, -0.2) is 4.98 Å².